The van der Waals surface area contributed by atoms with Crippen LogP contribution in [0.4, 0.5) is 0 Å². The Morgan fingerprint density at radius 2 is 1.95 bits per heavy atom. The van der Waals surface area contributed by atoms with Crippen LogP contribution in [0.2, 0.25) is 0 Å². The van der Waals surface area contributed by atoms with Gasteiger partial charge in [0.15, 0.2) is 18.4 Å². The van der Waals surface area contributed by atoms with Gasteiger partial charge in [-0.05, 0) is 0 Å². The Morgan fingerprint density at radius 1 is 1.24 bits per heavy atom. The van der Waals surface area contributed by atoms with Crippen molar-refractivity contribution in [3.63, 3.8) is 0 Å². The standard InChI is InChI=1S/C15H15N3O3/c1-16-15(21)12-7-9-18(10-8-13(19)20)17-14(12)11-5-3-2-4-6-11/h2-7,9H,8,10H2,1H3,(H-,16,19,20,21)/p+1. The first kappa shape index (κ1) is 14.6. The maximum absolute atomic E-state index is 11.9. The minimum absolute atomic E-state index is 0.0226. The molecule has 1 aromatic heterocycles. The second-order valence-electron chi connectivity index (χ2n) is 4.43. The predicted octanol–water partition coefficient (Wildman–Crippen LogP) is 0.870. The van der Waals surface area contributed by atoms with E-state index >= 15 is 0 Å². The van der Waals surface area contributed by atoms with Crippen LogP contribution in [0.15, 0.2) is 42.6 Å². The fourth-order valence-electron chi connectivity index (χ4n) is 1.92. The summed E-state index contributed by atoms with van der Waals surface area (Å²) in [5.74, 6) is -1.12. The van der Waals surface area contributed by atoms with Crippen LogP contribution in [-0.2, 0) is 11.3 Å². The van der Waals surface area contributed by atoms with Gasteiger partial charge in [-0.3, -0.25) is 9.59 Å². The Morgan fingerprint density at radius 3 is 2.57 bits per heavy atom. The lowest BCUT2D eigenvalue weighted by atomic mass is 10.1. The summed E-state index contributed by atoms with van der Waals surface area (Å²) in [6.07, 6.45) is 1.59. The van der Waals surface area contributed by atoms with Crippen molar-refractivity contribution in [1.29, 1.82) is 0 Å². The van der Waals surface area contributed by atoms with Crippen LogP contribution in [0, 0.1) is 0 Å². The number of aromatic nitrogens is 2. The van der Waals surface area contributed by atoms with E-state index in [-0.39, 0.29) is 18.9 Å². The van der Waals surface area contributed by atoms with Crippen molar-refractivity contribution in [3.05, 3.63) is 48.2 Å². The van der Waals surface area contributed by atoms with Crippen molar-refractivity contribution in [2.45, 2.75) is 13.0 Å². The minimum atomic E-state index is -0.888. The van der Waals surface area contributed by atoms with Gasteiger partial charge in [-0.25, -0.2) is 0 Å². The van der Waals surface area contributed by atoms with Crippen LogP contribution in [0.25, 0.3) is 11.3 Å². The van der Waals surface area contributed by atoms with E-state index in [0.717, 1.165) is 5.56 Å². The maximum Gasteiger partial charge on any atom is 0.309 e. The average Bonchev–Trinajstić information content (AvgIpc) is 2.52. The number of hydrogen-bond acceptors (Lipinski definition) is 3. The molecule has 6 heteroatoms. The van der Waals surface area contributed by atoms with Crippen molar-refractivity contribution in [1.82, 2.24) is 10.4 Å². The van der Waals surface area contributed by atoms with Gasteiger partial charge in [0.25, 0.3) is 5.91 Å². The molecule has 2 aromatic rings. The van der Waals surface area contributed by atoms with Gasteiger partial charge in [0.05, 0.1) is 5.56 Å². The smallest absolute Gasteiger partial charge is 0.309 e. The fraction of sp³-hybridized carbons (Fsp3) is 0.200. The van der Waals surface area contributed by atoms with Gasteiger partial charge in [-0.1, -0.05) is 35.0 Å². The van der Waals surface area contributed by atoms with Crippen LogP contribution >= 0.6 is 0 Å². The van der Waals surface area contributed by atoms with E-state index < -0.39 is 5.97 Å². The number of hydrogen-bond donors (Lipinski definition) is 2. The molecule has 0 saturated heterocycles. The van der Waals surface area contributed by atoms with Crippen molar-refractivity contribution in [3.8, 4) is 11.3 Å². The largest absolute Gasteiger partial charge is 0.481 e. The Labute approximate surface area is 122 Å². The van der Waals surface area contributed by atoms with Gasteiger partial charge >= 0.3 is 5.97 Å². The van der Waals surface area contributed by atoms with Crippen LogP contribution in [0.3, 0.4) is 0 Å². The molecule has 2 N–H and O–H groups in total. The zero-order valence-corrected chi connectivity index (χ0v) is 11.6. The van der Waals surface area contributed by atoms with Gasteiger partial charge in [0.1, 0.15) is 6.42 Å². The molecule has 1 amide bonds. The molecule has 1 aromatic carbocycles. The highest BCUT2D eigenvalue weighted by molar-refractivity contribution is 5.99. The number of benzene rings is 1. The Hall–Kier alpha value is -2.76. The van der Waals surface area contributed by atoms with Gasteiger partial charge in [0, 0.05) is 23.8 Å². The first-order valence-corrected chi connectivity index (χ1v) is 6.52. The summed E-state index contributed by atoms with van der Waals surface area (Å²) in [5.41, 5.74) is 1.79. The lowest BCUT2D eigenvalue weighted by molar-refractivity contribution is -0.752. The molecule has 0 atom stereocenters. The maximum atomic E-state index is 11.9. The number of aryl methyl sites for hydroxylation is 1. The molecular weight excluding hydrogens is 270 g/mol. The monoisotopic (exact) mass is 286 g/mol. The normalized spacial score (nSPS) is 10.1. The van der Waals surface area contributed by atoms with Crippen molar-refractivity contribution < 1.29 is 19.4 Å². The number of carboxylic acid groups (broad SMARTS) is 1. The predicted molar refractivity (Wildman–Crippen MR) is 75.5 cm³/mol. The molecule has 2 rings (SSSR count). The molecule has 0 fully saturated rings. The third-order valence-electron chi connectivity index (χ3n) is 2.97. The van der Waals surface area contributed by atoms with Crippen molar-refractivity contribution in [2.75, 3.05) is 7.05 Å². The molecule has 6 nitrogen and oxygen atoms in total. The summed E-state index contributed by atoms with van der Waals surface area (Å²) in [6.45, 7) is 0.253. The number of carbonyl (C=O) groups is 2. The quantitative estimate of drug-likeness (QED) is 0.799. The number of amides is 1. The zero-order valence-electron chi connectivity index (χ0n) is 11.6. The van der Waals surface area contributed by atoms with E-state index in [0.29, 0.717) is 11.3 Å². The van der Waals surface area contributed by atoms with E-state index in [4.69, 9.17) is 5.11 Å². The molecule has 0 saturated carbocycles. The van der Waals surface area contributed by atoms with Gasteiger partial charge in [-0.2, -0.15) is 0 Å². The molecule has 0 aliphatic heterocycles. The summed E-state index contributed by atoms with van der Waals surface area (Å²) in [5, 5.41) is 15.7. The van der Waals surface area contributed by atoms with E-state index in [1.54, 1.807) is 19.3 Å². The molecule has 0 bridgehead atoms. The van der Waals surface area contributed by atoms with E-state index in [9.17, 15) is 9.59 Å². The highest BCUT2D eigenvalue weighted by Gasteiger charge is 2.18. The molecule has 108 valence electrons. The Kier molecular flexibility index (Phi) is 4.61. The van der Waals surface area contributed by atoms with Gasteiger partial charge in [0.2, 0.25) is 0 Å². The van der Waals surface area contributed by atoms with Crippen LogP contribution in [-0.4, -0.2) is 29.1 Å². The summed E-state index contributed by atoms with van der Waals surface area (Å²) >= 11 is 0. The van der Waals surface area contributed by atoms with Crippen LogP contribution in [0.5, 0.6) is 0 Å². The molecule has 0 radical (unpaired) electrons. The average molecular weight is 286 g/mol. The molecule has 0 aliphatic rings. The van der Waals surface area contributed by atoms with E-state index in [1.807, 2.05) is 30.3 Å². The van der Waals surface area contributed by atoms with Crippen molar-refractivity contribution >= 4 is 11.9 Å². The Bertz CT molecular complexity index is 656. The van der Waals surface area contributed by atoms with E-state index in [1.165, 1.54) is 4.68 Å². The van der Waals surface area contributed by atoms with Gasteiger partial charge < -0.3 is 10.4 Å². The number of aliphatic carboxylic acids is 1. The van der Waals surface area contributed by atoms with Crippen LogP contribution in [0.1, 0.15) is 16.8 Å². The lowest BCUT2D eigenvalue weighted by Gasteiger charge is -2.05. The first-order chi connectivity index (χ1) is 10.1. The van der Waals surface area contributed by atoms with Crippen molar-refractivity contribution in [2.24, 2.45) is 0 Å². The molecular formula is C15H16N3O3+. The number of nitrogens with one attached hydrogen (secondary N) is 1. The number of rotatable bonds is 5. The number of carboxylic acids is 1. The van der Waals surface area contributed by atoms with E-state index in [2.05, 4.69) is 10.4 Å². The second-order valence-corrected chi connectivity index (χ2v) is 4.43. The minimum Gasteiger partial charge on any atom is -0.481 e. The third kappa shape index (κ3) is 3.62. The molecule has 0 aliphatic carbocycles. The zero-order chi connectivity index (χ0) is 15.2. The highest BCUT2D eigenvalue weighted by atomic mass is 16.4. The topological polar surface area (TPSA) is 83.2 Å². The Balaban J connectivity index is 2.44. The summed E-state index contributed by atoms with van der Waals surface area (Å²) in [6, 6.07) is 11.0. The van der Waals surface area contributed by atoms with Crippen LogP contribution < -0.4 is 10.00 Å². The lowest BCUT2D eigenvalue weighted by Crippen LogP contribution is -2.40. The molecule has 1 heterocycles. The third-order valence-corrected chi connectivity index (χ3v) is 2.97. The SMILES string of the molecule is CNC(=O)c1cc[n+](CCC(=O)O)nc1-c1ccccc1. The summed E-state index contributed by atoms with van der Waals surface area (Å²) < 4.78 is 1.53. The summed E-state index contributed by atoms with van der Waals surface area (Å²) in [7, 11) is 1.56. The second kappa shape index (κ2) is 6.60. The fourth-order valence-corrected chi connectivity index (χ4v) is 1.92. The molecule has 0 spiro atoms. The highest BCUT2D eigenvalue weighted by Crippen LogP contribution is 2.19. The molecule has 0 unspecified atom stereocenters. The first-order valence-electron chi connectivity index (χ1n) is 6.52. The van der Waals surface area contributed by atoms with Gasteiger partial charge in [-0.15, -0.1) is 0 Å². The molecule has 21 heavy (non-hydrogen) atoms. The summed E-state index contributed by atoms with van der Waals surface area (Å²) in [4.78, 5) is 22.6. The number of nitrogens with zero attached hydrogens (tertiary/aromatic N) is 2. The number of carbonyl (C=O) groups excluding carboxylic acids is 1.